The van der Waals surface area contributed by atoms with Gasteiger partial charge in [0.1, 0.15) is 0 Å². The van der Waals surface area contributed by atoms with Crippen molar-refractivity contribution >= 4 is 11.8 Å². The molecule has 0 spiro atoms. The van der Waals surface area contributed by atoms with Gasteiger partial charge in [0.25, 0.3) is 0 Å². The van der Waals surface area contributed by atoms with Gasteiger partial charge in [0.2, 0.25) is 0 Å². The molecule has 0 aromatic carbocycles. The fraction of sp³-hybridized carbons (Fsp3) is 0.750. The lowest BCUT2D eigenvalue weighted by atomic mass is 9.87. The molecule has 1 aromatic rings. The zero-order chi connectivity index (χ0) is 14.7. The van der Waals surface area contributed by atoms with Crippen LogP contribution in [0.3, 0.4) is 0 Å². The number of nitrogens with zero attached hydrogens (tertiary/aromatic N) is 2. The van der Waals surface area contributed by atoms with Crippen LogP contribution in [0.15, 0.2) is 5.16 Å². The van der Waals surface area contributed by atoms with Crippen molar-refractivity contribution in [2.75, 3.05) is 6.54 Å². The largest absolute Gasteiger partial charge is 0.313 e. The molecule has 1 saturated carbocycles. The van der Waals surface area contributed by atoms with Crippen LogP contribution in [0, 0.1) is 26.7 Å². The summed E-state index contributed by atoms with van der Waals surface area (Å²) in [6.45, 7) is 11.9. The van der Waals surface area contributed by atoms with E-state index in [0.29, 0.717) is 11.3 Å². The summed E-state index contributed by atoms with van der Waals surface area (Å²) in [6.07, 6.45) is 3.87. The van der Waals surface area contributed by atoms with Gasteiger partial charge in [0.05, 0.1) is 0 Å². The van der Waals surface area contributed by atoms with Gasteiger partial charge in [-0.15, -0.1) is 0 Å². The fourth-order valence-corrected chi connectivity index (χ4v) is 4.36. The number of nitrogens with one attached hydrogen (secondary N) is 1. The first kappa shape index (κ1) is 15.8. The molecule has 20 heavy (non-hydrogen) atoms. The monoisotopic (exact) mass is 293 g/mol. The van der Waals surface area contributed by atoms with Gasteiger partial charge in [-0.3, -0.25) is 0 Å². The lowest BCUT2D eigenvalue weighted by Gasteiger charge is -2.34. The molecule has 3 atom stereocenters. The van der Waals surface area contributed by atoms with Crippen molar-refractivity contribution in [3.05, 3.63) is 17.0 Å². The van der Waals surface area contributed by atoms with Crippen molar-refractivity contribution < 1.29 is 0 Å². The van der Waals surface area contributed by atoms with Crippen LogP contribution in [0.2, 0.25) is 0 Å². The molecule has 0 amide bonds. The van der Waals surface area contributed by atoms with Crippen molar-refractivity contribution in [1.82, 2.24) is 15.3 Å². The van der Waals surface area contributed by atoms with Gasteiger partial charge in [0, 0.05) is 22.7 Å². The number of hydrogen-bond acceptors (Lipinski definition) is 4. The van der Waals surface area contributed by atoms with Crippen LogP contribution in [0.25, 0.3) is 0 Å². The van der Waals surface area contributed by atoms with Crippen LogP contribution in [0.4, 0.5) is 0 Å². The number of aryl methyl sites for hydroxylation is 2. The summed E-state index contributed by atoms with van der Waals surface area (Å²) in [5, 5.41) is 5.19. The Morgan fingerprint density at radius 2 is 1.80 bits per heavy atom. The number of thioether (sulfide) groups is 1. The van der Waals surface area contributed by atoms with Crippen LogP contribution < -0.4 is 5.32 Å². The average Bonchev–Trinajstić information content (AvgIpc) is 2.39. The van der Waals surface area contributed by atoms with E-state index in [9.17, 15) is 0 Å². The lowest BCUT2D eigenvalue weighted by Crippen LogP contribution is -2.42. The molecule has 0 radical (unpaired) electrons. The second-order valence-electron chi connectivity index (χ2n) is 6.04. The quantitative estimate of drug-likeness (QED) is 0.860. The third-order valence-electron chi connectivity index (χ3n) is 4.39. The van der Waals surface area contributed by atoms with E-state index < -0.39 is 0 Å². The molecule has 2 rings (SSSR count). The molecule has 112 valence electrons. The summed E-state index contributed by atoms with van der Waals surface area (Å²) in [5.41, 5.74) is 3.45. The molecule has 0 saturated heterocycles. The van der Waals surface area contributed by atoms with E-state index in [0.717, 1.165) is 29.0 Å². The van der Waals surface area contributed by atoms with Gasteiger partial charge in [-0.2, -0.15) is 0 Å². The molecular formula is C16H27N3S. The number of rotatable bonds is 4. The Morgan fingerprint density at radius 1 is 1.15 bits per heavy atom. The van der Waals surface area contributed by atoms with Crippen molar-refractivity contribution in [2.24, 2.45) is 5.92 Å². The Hall–Kier alpha value is -0.610. The molecular weight excluding hydrogens is 266 g/mol. The third-order valence-corrected chi connectivity index (χ3v) is 5.61. The van der Waals surface area contributed by atoms with Crippen LogP contribution in [0.1, 0.15) is 50.1 Å². The van der Waals surface area contributed by atoms with Crippen molar-refractivity contribution in [3.63, 3.8) is 0 Å². The first-order chi connectivity index (χ1) is 9.51. The fourth-order valence-electron chi connectivity index (χ4n) is 2.88. The highest BCUT2D eigenvalue weighted by atomic mass is 32.2. The van der Waals surface area contributed by atoms with E-state index >= 15 is 0 Å². The SMILES string of the molecule is CCNC1CCC(C)CC1Sc1nc(C)c(C)c(C)n1. The Kier molecular flexibility index (Phi) is 5.44. The summed E-state index contributed by atoms with van der Waals surface area (Å²) in [7, 11) is 0. The molecule has 4 heteroatoms. The van der Waals surface area contributed by atoms with Crippen LogP contribution >= 0.6 is 11.8 Å². The zero-order valence-corrected chi connectivity index (χ0v) is 14.2. The molecule has 0 aliphatic heterocycles. The predicted octanol–water partition coefficient (Wildman–Crippen LogP) is 3.66. The van der Waals surface area contributed by atoms with E-state index in [1.54, 1.807) is 0 Å². The highest BCUT2D eigenvalue weighted by Gasteiger charge is 2.29. The molecule has 1 aliphatic carbocycles. The summed E-state index contributed by atoms with van der Waals surface area (Å²) in [6, 6.07) is 0.603. The van der Waals surface area contributed by atoms with Crippen LogP contribution in [0.5, 0.6) is 0 Å². The molecule has 1 N–H and O–H groups in total. The van der Waals surface area contributed by atoms with Gasteiger partial charge in [-0.05, 0) is 58.1 Å². The molecule has 0 bridgehead atoms. The summed E-state index contributed by atoms with van der Waals surface area (Å²) in [4.78, 5) is 9.34. The normalized spacial score (nSPS) is 26.8. The van der Waals surface area contributed by atoms with E-state index in [2.05, 4.69) is 49.9 Å². The van der Waals surface area contributed by atoms with Crippen molar-refractivity contribution in [3.8, 4) is 0 Å². The van der Waals surface area contributed by atoms with Crippen molar-refractivity contribution in [2.45, 2.75) is 70.3 Å². The molecule has 3 nitrogen and oxygen atoms in total. The number of hydrogen-bond donors (Lipinski definition) is 1. The Morgan fingerprint density at radius 3 is 2.40 bits per heavy atom. The summed E-state index contributed by atoms with van der Waals surface area (Å²) in [5.74, 6) is 0.815. The Bertz CT molecular complexity index is 438. The predicted molar refractivity (Wildman–Crippen MR) is 86.4 cm³/mol. The third kappa shape index (κ3) is 3.73. The lowest BCUT2D eigenvalue weighted by molar-refractivity contribution is 0.320. The van der Waals surface area contributed by atoms with Gasteiger partial charge in [0.15, 0.2) is 5.16 Å². The number of aromatic nitrogens is 2. The minimum absolute atomic E-state index is 0.597. The molecule has 1 aromatic heterocycles. The standard InChI is InChI=1S/C16H27N3S/c1-6-17-14-8-7-10(2)9-15(14)20-16-18-12(4)11(3)13(5)19-16/h10,14-15,17H,6-9H2,1-5H3. The average molecular weight is 293 g/mol. The van der Waals surface area contributed by atoms with Gasteiger partial charge in [-0.1, -0.05) is 25.6 Å². The summed E-state index contributed by atoms with van der Waals surface area (Å²) >= 11 is 1.87. The van der Waals surface area contributed by atoms with E-state index in [4.69, 9.17) is 0 Å². The van der Waals surface area contributed by atoms with Gasteiger partial charge in [-0.25, -0.2) is 9.97 Å². The molecule has 3 unspecified atom stereocenters. The highest BCUT2D eigenvalue weighted by Crippen LogP contribution is 2.35. The molecule has 1 heterocycles. The van der Waals surface area contributed by atoms with Crippen molar-refractivity contribution in [1.29, 1.82) is 0 Å². The molecule has 1 aliphatic rings. The van der Waals surface area contributed by atoms with Crippen LogP contribution in [-0.4, -0.2) is 27.8 Å². The van der Waals surface area contributed by atoms with Gasteiger partial charge < -0.3 is 5.32 Å². The minimum atomic E-state index is 0.597. The van der Waals surface area contributed by atoms with Gasteiger partial charge >= 0.3 is 0 Å². The maximum absolute atomic E-state index is 4.67. The first-order valence-corrected chi connectivity index (χ1v) is 8.61. The molecule has 1 fully saturated rings. The second kappa shape index (κ2) is 6.90. The van der Waals surface area contributed by atoms with E-state index in [1.807, 2.05) is 11.8 Å². The Labute approximate surface area is 127 Å². The zero-order valence-electron chi connectivity index (χ0n) is 13.4. The summed E-state index contributed by atoms with van der Waals surface area (Å²) < 4.78 is 0. The minimum Gasteiger partial charge on any atom is -0.313 e. The topological polar surface area (TPSA) is 37.8 Å². The van der Waals surface area contributed by atoms with Crippen LogP contribution in [-0.2, 0) is 0 Å². The highest BCUT2D eigenvalue weighted by molar-refractivity contribution is 7.99. The van der Waals surface area contributed by atoms with E-state index in [-0.39, 0.29) is 0 Å². The maximum atomic E-state index is 4.67. The van der Waals surface area contributed by atoms with E-state index in [1.165, 1.54) is 24.8 Å². The first-order valence-electron chi connectivity index (χ1n) is 7.73. The Balaban J connectivity index is 2.13. The smallest absolute Gasteiger partial charge is 0.188 e. The second-order valence-corrected chi connectivity index (χ2v) is 7.25. The maximum Gasteiger partial charge on any atom is 0.188 e.